The van der Waals surface area contributed by atoms with Crippen LogP contribution in [-0.2, 0) is 4.79 Å². The van der Waals surface area contributed by atoms with Gasteiger partial charge < -0.3 is 10.2 Å². The molecule has 0 aliphatic heterocycles. The van der Waals surface area contributed by atoms with Gasteiger partial charge in [0, 0.05) is 36.0 Å². The molecule has 0 aliphatic carbocycles. The smallest absolute Gasteiger partial charge is 0.265 e. The summed E-state index contributed by atoms with van der Waals surface area (Å²) in [4.78, 5) is 32.4. The summed E-state index contributed by atoms with van der Waals surface area (Å²) in [7, 11) is 3.38. The Morgan fingerprint density at radius 1 is 1.22 bits per heavy atom. The maximum atomic E-state index is 12.5. The Bertz CT molecular complexity index is 1110. The van der Waals surface area contributed by atoms with E-state index in [4.69, 9.17) is 0 Å². The van der Waals surface area contributed by atoms with Crippen molar-refractivity contribution in [1.82, 2.24) is 24.6 Å². The van der Waals surface area contributed by atoms with Gasteiger partial charge in [-0.3, -0.25) is 14.2 Å². The predicted octanol–water partition coefficient (Wildman–Crippen LogP) is 4.91. The Hall–Kier alpha value is -2.24. The third kappa shape index (κ3) is 5.38. The van der Waals surface area contributed by atoms with E-state index in [1.165, 1.54) is 32.9 Å². The van der Waals surface area contributed by atoms with Crippen molar-refractivity contribution in [3.05, 3.63) is 26.9 Å². The van der Waals surface area contributed by atoms with Crippen LogP contribution >= 0.6 is 34.4 Å². The molecule has 3 aromatic heterocycles. The topological polar surface area (TPSA) is 93.0 Å². The van der Waals surface area contributed by atoms with Crippen LogP contribution in [0.3, 0.4) is 0 Å². The lowest BCUT2D eigenvalue weighted by Crippen LogP contribution is -2.21. The minimum absolute atomic E-state index is 0.124. The zero-order chi connectivity index (χ0) is 23.6. The number of aryl methyl sites for hydroxylation is 1. The number of hydrogen-bond donors (Lipinski definition) is 1. The fraction of sp³-hybridized carbons (Fsp3) is 0.476. The van der Waals surface area contributed by atoms with E-state index in [2.05, 4.69) is 64.2 Å². The lowest BCUT2D eigenvalue weighted by molar-refractivity contribution is -0.113. The molecule has 1 N–H and O–H groups in total. The molecular weight excluding hydrogens is 464 g/mol. The average molecular weight is 493 g/mol. The van der Waals surface area contributed by atoms with E-state index >= 15 is 0 Å². The second-order valence-corrected chi connectivity index (χ2v) is 11.0. The van der Waals surface area contributed by atoms with Gasteiger partial charge >= 0.3 is 0 Å². The number of carbonyl (C=O) groups is 2. The van der Waals surface area contributed by atoms with Gasteiger partial charge in [-0.05, 0) is 32.8 Å². The molecule has 3 aromatic rings. The molecule has 0 saturated heterocycles. The van der Waals surface area contributed by atoms with Crippen molar-refractivity contribution < 1.29 is 9.59 Å². The minimum Gasteiger partial charge on any atom is -0.344 e. The highest BCUT2D eigenvalue weighted by atomic mass is 32.2. The predicted molar refractivity (Wildman–Crippen MR) is 132 cm³/mol. The molecule has 0 fully saturated rings. The first-order valence-electron chi connectivity index (χ1n) is 10.2. The number of amides is 2. The summed E-state index contributed by atoms with van der Waals surface area (Å²) in [5, 5.41) is 14.8. The van der Waals surface area contributed by atoms with Gasteiger partial charge in [0.1, 0.15) is 4.88 Å². The number of hydrogen-bond acceptors (Lipinski definition) is 8. The van der Waals surface area contributed by atoms with E-state index < -0.39 is 0 Å². The fourth-order valence-electron chi connectivity index (χ4n) is 2.95. The number of carbonyl (C=O) groups excluding carboxylic acids is 2. The van der Waals surface area contributed by atoms with Crippen molar-refractivity contribution in [3.63, 3.8) is 0 Å². The van der Waals surface area contributed by atoms with Crippen molar-refractivity contribution in [1.29, 1.82) is 0 Å². The first-order valence-corrected chi connectivity index (χ1v) is 12.9. The van der Waals surface area contributed by atoms with E-state index in [-0.39, 0.29) is 23.6 Å². The standard InChI is InChI=1S/C21H28N6O2S3/c1-11(2)15-8-14(9-30-15)18-24-25-21(27(18)12(3)4)31-10-16(28)23-20-22-13(5)17(32-20)19(29)26(6)7/h8-9,11-12H,10H2,1-7H3,(H,22,23,28). The fourth-order valence-corrected chi connectivity index (χ4v) is 5.72. The van der Waals surface area contributed by atoms with Gasteiger partial charge in [0.15, 0.2) is 16.1 Å². The summed E-state index contributed by atoms with van der Waals surface area (Å²) < 4.78 is 2.06. The lowest BCUT2D eigenvalue weighted by Gasteiger charge is -2.13. The van der Waals surface area contributed by atoms with E-state index in [1.807, 2.05) is 0 Å². The van der Waals surface area contributed by atoms with E-state index in [0.29, 0.717) is 26.8 Å². The Labute approximate surface area is 200 Å². The van der Waals surface area contributed by atoms with Crippen LogP contribution in [0.5, 0.6) is 0 Å². The van der Waals surface area contributed by atoms with Gasteiger partial charge in [0.2, 0.25) is 5.91 Å². The van der Waals surface area contributed by atoms with E-state index in [1.54, 1.807) is 32.4 Å². The molecule has 172 valence electrons. The molecule has 0 atom stereocenters. The van der Waals surface area contributed by atoms with Crippen molar-refractivity contribution in [2.75, 3.05) is 25.2 Å². The molecule has 0 spiro atoms. The second kappa shape index (κ2) is 10.1. The van der Waals surface area contributed by atoms with Crippen LogP contribution in [0.25, 0.3) is 11.4 Å². The number of rotatable bonds is 8. The summed E-state index contributed by atoms with van der Waals surface area (Å²) in [6, 6.07) is 2.31. The summed E-state index contributed by atoms with van der Waals surface area (Å²) in [6.45, 7) is 10.3. The zero-order valence-corrected chi connectivity index (χ0v) is 21.7. The van der Waals surface area contributed by atoms with Gasteiger partial charge in [-0.25, -0.2) is 4.98 Å². The summed E-state index contributed by atoms with van der Waals surface area (Å²) >= 11 is 4.24. The Kier molecular flexibility index (Phi) is 7.73. The van der Waals surface area contributed by atoms with Crippen LogP contribution in [0.4, 0.5) is 5.13 Å². The molecule has 2 amide bonds. The number of nitrogens with zero attached hydrogens (tertiary/aromatic N) is 5. The molecule has 8 nitrogen and oxygen atoms in total. The molecule has 0 unspecified atom stereocenters. The van der Waals surface area contributed by atoms with Gasteiger partial charge in [-0.15, -0.1) is 21.5 Å². The Morgan fingerprint density at radius 2 is 1.94 bits per heavy atom. The van der Waals surface area contributed by atoms with E-state index in [9.17, 15) is 9.59 Å². The largest absolute Gasteiger partial charge is 0.344 e. The molecule has 0 bridgehead atoms. The third-order valence-corrected chi connectivity index (χ3v) is 7.84. The first kappa shape index (κ1) is 24.4. The molecule has 11 heteroatoms. The van der Waals surface area contributed by atoms with Crippen LogP contribution in [0, 0.1) is 6.92 Å². The summed E-state index contributed by atoms with van der Waals surface area (Å²) in [6.07, 6.45) is 0. The minimum atomic E-state index is -0.204. The summed E-state index contributed by atoms with van der Waals surface area (Å²) in [5.41, 5.74) is 1.66. The highest BCUT2D eigenvalue weighted by Crippen LogP contribution is 2.33. The molecular formula is C21H28N6O2S3. The number of anilines is 1. The monoisotopic (exact) mass is 492 g/mol. The molecule has 0 aromatic carbocycles. The number of nitrogens with one attached hydrogen (secondary N) is 1. The first-order chi connectivity index (χ1) is 15.1. The lowest BCUT2D eigenvalue weighted by atomic mass is 10.1. The van der Waals surface area contributed by atoms with Crippen molar-refractivity contribution in [2.45, 2.75) is 51.7 Å². The van der Waals surface area contributed by atoms with Crippen molar-refractivity contribution >= 4 is 51.4 Å². The van der Waals surface area contributed by atoms with Gasteiger partial charge in [0.05, 0.1) is 11.4 Å². The third-order valence-electron chi connectivity index (χ3n) is 4.60. The maximum absolute atomic E-state index is 12.5. The Balaban J connectivity index is 1.70. The number of thiophene rings is 1. The van der Waals surface area contributed by atoms with Crippen LogP contribution in [0.1, 0.15) is 59.9 Å². The van der Waals surface area contributed by atoms with E-state index in [0.717, 1.165) is 11.4 Å². The van der Waals surface area contributed by atoms with Gasteiger partial charge in [0.25, 0.3) is 5.91 Å². The molecule has 3 rings (SSSR count). The zero-order valence-electron chi connectivity index (χ0n) is 19.3. The number of thioether (sulfide) groups is 1. The SMILES string of the molecule is Cc1nc(NC(=O)CSc2nnc(-c3csc(C(C)C)c3)n2C(C)C)sc1C(=O)N(C)C. The molecule has 0 aliphatic rings. The Morgan fingerprint density at radius 3 is 2.53 bits per heavy atom. The summed E-state index contributed by atoms with van der Waals surface area (Å²) in [5.74, 6) is 1.12. The molecule has 32 heavy (non-hydrogen) atoms. The second-order valence-electron chi connectivity index (χ2n) is 8.13. The van der Waals surface area contributed by atoms with Crippen LogP contribution in [-0.4, -0.2) is 56.3 Å². The van der Waals surface area contributed by atoms with Crippen LogP contribution in [0.15, 0.2) is 16.6 Å². The highest BCUT2D eigenvalue weighted by molar-refractivity contribution is 7.99. The normalized spacial score (nSPS) is 11.4. The molecule has 0 radical (unpaired) electrons. The van der Waals surface area contributed by atoms with Gasteiger partial charge in [-0.1, -0.05) is 36.9 Å². The van der Waals surface area contributed by atoms with Crippen molar-refractivity contribution in [3.8, 4) is 11.4 Å². The maximum Gasteiger partial charge on any atom is 0.265 e. The molecule has 0 saturated carbocycles. The molecule has 3 heterocycles. The van der Waals surface area contributed by atoms with Crippen LogP contribution in [0.2, 0.25) is 0 Å². The average Bonchev–Trinajstić information content (AvgIpc) is 3.43. The number of aromatic nitrogens is 4. The van der Waals surface area contributed by atoms with Crippen LogP contribution < -0.4 is 5.32 Å². The number of thiazole rings is 1. The van der Waals surface area contributed by atoms with Crippen molar-refractivity contribution in [2.24, 2.45) is 0 Å². The van der Waals surface area contributed by atoms with Gasteiger partial charge in [-0.2, -0.15) is 0 Å². The highest BCUT2D eigenvalue weighted by Gasteiger charge is 2.21. The quantitative estimate of drug-likeness (QED) is 0.449.